The van der Waals surface area contributed by atoms with Crippen LogP contribution < -0.4 is 9.64 Å². The summed E-state index contributed by atoms with van der Waals surface area (Å²) in [5.41, 5.74) is 4.50. The summed E-state index contributed by atoms with van der Waals surface area (Å²) in [6, 6.07) is 15.0. The summed E-state index contributed by atoms with van der Waals surface area (Å²) >= 11 is 0. The first-order valence-corrected chi connectivity index (χ1v) is 11.4. The summed E-state index contributed by atoms with van der Waals surface area (Å²) < 4.78 is 5.56. The number of fused-ring (bicyclic) bond motifs is 1. The van der Waals surface area contributed by atoms with Gasteiger partial charge >= 0.3 is 0 Å². The van der Waals surface area contributed by atoms with Gasteiger partial charge in [-0.2, -0.15) is 0 Å². The molecule has 0 spiro atoms. The van der Waals surface area contributed by atoms with Crippen LogP contribution in [-0.2, 0) is 0 Å². The number of para-hydroxylation sites is 2. The Bertz CT molecular complexity index is 1080. The van der Waals surface area contributed by atoms with Gasteiger partial charge in [0.05, 0.1) is 19.4 Å². The standard InChI is InChI=1S/C26H30N4O/c1-27-20-9-12-24-22(17-20)23(18-28-24)19-7-10-21(11-8-19)29-13-15-30(16-14-29)25-5-3-4-6-26(25)31-2/h3-6,9,12,17-19,21,28H,7-8,10-11,13-16H2,2H3. The van der Waals surface area contributed by atoms with Crippen LogP contribution in [0.5, 0.6) is 5.75 Å². The molecule has 5 heteroatoms. The van der Waals surface area contributed by atoms with E-state index in [0.717, 1.165) is 43.1 Å². The van der Waals surface area contributed by atoms with E-state index in [1.165, 1.54) is 42.3 Å². The molecule has 2 heterocycles. The number of methoxy groups -OCH3 is 1. The van der Waals surface area contributed by atoms with Crippen LogP contribution in [0.2, 0.25) is 0 Å². The molecule has 1 N–H and O–H groups in total. The van der Waals surface area contributed by atoms with Crippen molar-refractivity contribution in [2.45, 2.75) is 37.6 Å². The normalized spacial score (nSPS) is 22.4. The fourth-order valence-corrected chi connectivity index (χ4v) is 5.51. The Morgan fingerprint density at radius 1 is 1.00 bits per heavy atom. The minimum atomic E-state index is 0.598. The van der Waals surface area contributed by atoms with Gasteiger partial charge in [-0.1, -0.05) is 18.2 Å². The fourth-order valence-electron chi connectivity index (χ4n) is 5.51. The number of H-pyrrole nitrogens is 1. The first-order chi connectivity index (χ1) is 15.3. The molecule has 2 fully saturated rings. The lowest BCUT2D eigenvalue weighted by molar-refractivity contribution is 0.141. The molecule has 2 aromatic carbocycles. The number of aromatic nitrogens is 1. The smallest absolute Gasteiger partial charge is 0.187 e. The van der Waals surface area contributed by atoms with Crippen molar-refractivity contribution in [2.24, 2.45) is 0 Å². The van der Waals surface area contributed by atoms with Crippen molar-refractivity contribution in [2.75, 3.05) is 38.2 Å². The Morgan fingerprint density at radius 3 is 2.52 bits per heavy atom. The average Bonchev–Trinajstić information content (AvgIpc) is 3.27. The van der Waals surface area contributed by atoms with Crippen molar-refractivity contribution in [1.82, 2.24) is 9.88 Å². The Hall–Kier alpha value is -2.97. The highest BCUT2D eigenvalue weighted by molar-refractivity contribution is 5.87. The molecule has 5 nitrogen and oxygen atoms in total. The van der Waals surface area contributed by atoms with E-state index in [4.69, 9.17) is 11.3 Å². The summed E-state index contributed by atoms with van der Waals surface area (Å²) in [6.45, 7) is 11.7. The van der Waals surface area contributed by atoms with Gasteiger partial charge in [-0.25, -0.2) is 4.85 Å². The Kier molecular flexibility index (Phi) is 5.57. The maximum atomic E-state index is 7.32. The number of piperazine rings is 1. The number of ether oxygens (including phenoxy) is 1. The topological polar surface area (TPSA) is 35.9 Å². The quantitative estimate of drug-likeness (QED) is 0.567. The Labute approximate surface area is 184 Å². The summed E-state index contributed by atoms with van der Waals surface area (Å²) in [5.74, 6) is 1.57. The van der Waals surface area contributed by atoms with Crippen LogP contribution in [0, 0.1) is 6.57 Å². The van der Waals surface area contributed by atoms with E-state index in [1.807, 2.05) is 18.2 Å². The third-order valence-corrected chi connectivity index (χ3v) is 7.22. The SMILES string of the molecule is [C-]#[N+]c1ccc2[nH]cc(C3CCC(N4CCN(c5ccccc5OC)CC4)CC3)c2c1. The van der Waals surface area contributed by atoms with Crippen LogP contribution in [0.4, 0.5) is 11.4 Å². The van der Waals surface area contributed by atoms with Gasteiger partial charge in [-0.15, -0.1) is 0 Å². The van der Waals surface area contributed by atoms with Crippen LogP contribution in [0.3, 0.4) is 0 Å². The third-order valence-electron chi connectivity index (χ3n) is 7.22. The van der Waals surface area contributed by atoms with Crippen LogP contribution >= 0.6 is 0 Å². The zero-order chi connectivity index (χ0) is 21.2. The first kappa shape index (κ1) is 20.0. The Morgan fingerprint density at radius 2 is 1.77 bits per heavy atom. The van der Waals surface area contributed by atoms with Crippen LogP contribution in [0.1, 0.15) is 37.2 Å². The molecule has 1 aliphatic carbocycles. The van der Waals surface area contributed by atoms with Gasteiger partial charge < -0.3 is 14.6 Å². The van der Waals surface area contributed by atoms with E-state index in [2.05, 4.69) is 50.1 Å². The maximum absolute atomic E-state index is 7.32. The molecule has 0 unspecified atom stereocenters. The number of rotatable bonds is 4. The predicted molar refractivity (Wildman–Crippen MR) is 126 cm³/mol. The van der Waals surface area contributed by atoms with Gasteiger partial charge in [0.25, 0.3) is 0 Å². The summed E-state index contributed by atoms with van der Waals surface area (Å²) in [5, 5.41) is 1.24. The molecule has 1 saturated carbocycles. The average molecular weight is 415 g/mol. The van der Waals surface area contributed by atoms with Gasteiger partial charge in [0, 0.05) is 43.9 Å². The molecule has 0 amide bonds. The lowest BCUT2D eigenvalue weighted by Crippen LogP contribution is -2.51. The lowest BCUT2D eigenvalue weighted by Gasteiger charge is -2.43. The molecule has 3 aromatic rings. The number of anilines is 1. The first-order valence-electron chi connectivity index (χ1n) is 11.4. The molecule has 1 saturated heterocycles. The van der Waals surface area contributed by atoms with E-state index < -0.39 is 0 Å². The second-order valence-corrected chi connectivity index (χ2v) is 8.79. The van der Waals surface area contributed by atoms with Crippen LogP contribution in [0.15, 0.2) is 48.7 Å². The van der Waals surface area contributed by atoms with Crippen molar-refractivity contribution >= 4 is 22.3 Å². The molecular formula is C26H30N4O. The molecule has 0 atom stereocenters. The molecular weight excluding hydrogens is 384 g/mol. The van der Waals surface area contributed by atoms with Crippen molar-refractivity contribution in [1.29, 1.82) is 0 Å². The zero-order valence-corrected chi connectivity index (χ0v) is 18.2. The largest absolute Gasteiger partial charge is 0.495 e. The maximum Gasteiger partial charge on any atom is 0.187 e. The van der Waals surface area contributed by atoms with E-state index in [0.29, 0.717) is 12.0 Å². The van der Waals surface area contributed by atoms with Gasteiger partial charge in [0.2, 0.25) is 0 Å². The second-order valence-electron chi connectivity index (χ2n) is 8.79. The van der Waals surface area contributed by atoms with Crippen molar-refractivity contribution in [3.63, 3.8) is 0 Å². The van der Waals surface area contributed by atoms with Crippen LogP contribution in [0.25, 0.3) is 15.7 Å². The number of hydrogen-bond acceptors (Lipinski definition) is 3. The molecule has 1 aliphatic heterocycles. The van der Waals surface area contributed by atoms with E-state index in [9.17, 15) is 0 Å². The van der Waals surface area contributed by atoms with E-state index >= 15 is 0 Å². The summed E-state index contributed by atoms with van der Waals surface area (Å²) in [4.78, 5) is 12.2. The predicted octanol–water partition coefficient (Wildman–Crippen LogP) is 5.58. The number of hydrogen-bond donors (Lipinski definition) is 1. The highest BCUT2D eigenvalue weighted by Gasteiger charge is 2.30. The third kappa shape index (κ3) is 3.88. The summed E-state index contributed by atoms with van der Waals surface area (Å²) in [7, 11) is 1.75. The number of nitrogens with zero attached hydrogens (tertiary/aromatic N) is 3. The monoisotopic (exact) mass is 414 g/mol. The molecule has 5 rings (SSSR count). The zero-order valence-electron chi connectivity index (χ0n) is 18.2. The van der Waals surface area contributed by atoms with Gasteiger partial charge in [0.1, 0.15) is 5.75 Å². The molecule has 160 valence electrons. The molecule has 1 aromatic heterocycles. The number of nitrogens with one attached hydrogen (secondary N) is 1. The number of aromatic amines is 1. The highest BCUT2D eigenvalue weighted by Crippen LogP contribution is 2.39. The minimum Gasteiger partial charge on any atom is -0.495 e. The highest BCUT2D eigenvalue weighted by atomic mass is 16.5. The molecule has 2 aliphatic rings. The van der Waals surface area contributed by atoms with E-state index in [1.54, 1.807) is 7.11 Å². The van der Waals surface area contributed by atoms with Gasteiger partial charge in [-0.05, 0) is 66.8 Å². The Balaban J connectivity index is 1.20. The van der Waals surface area contributed by atoms with Gasteiger partial charge in [0.15, 0.2) is 5.69 Å². The van der Waals surface area contributed by atoms with Gasteiger partial charge in [-0.3, -0.25) is 4.90 Å². The van der Waals surface area contributed by atoms with Crippen molar-refractivity contribution < 1.29 is 4.74 Å². The second kappa shape index (κ2) is 8.64. The molecule has 31 heavy (non-hydrogen) atoms. The fraction of sp³-hybridized carbons (Fsp3) is 0.423. The van der Waals surface area contributed by atoms with Crippen molar-refractivity contribution in [3.8, 4) is 5.75 Å². The minimum absolute atomic E-state index is 0.598. The molecule has 0 radical (unpaired) electrons. The summed E-state index contributed by atoms with van der Waals surface area (Å²) in [6.07, 6.45) is 7.15. The number of benzene rings is 2. The molecule has 0 bridgehead atoms. The van der Waals surface area contributed by atoms with Crippen LogP contribution in [-0.4, -0.2) is 49.2 Å². The lowest BCUT2D eigenvalue weighted by atomic mass is 9.81. The van der Waals surface area contributed by atoms with E-state index in [-0.39, 0.29) is 0 Å². The van der Waals surface area contributed by atoms with Crippen molar-refractivity contribution in [3.05, 3.63) is 65.6 Å².